The summed E-state index contributed by atoms with van der Waals surface area (Å²) in [5.74, 6) is 2.40. The van der Waals surface area contributed by atoms with E-state index in [1.807, 2.05) is 24.3 Å². The number of oxime groups is 1. The Bertz CT molecular complexity index is 481. The van der Waals surface area contributed by atoms with E-state index in [1.165, 1.54) is 19.4 Å². The van der Waals surface area contributed by atoms with Crippen LogP contribution in [0.5, 0.6) is 11.5 Å². The average Bonchev–Trinajstić information content (AvgIpc) is 2.95. The van der Waals surface area contributed by atoms with E-state index in [0.717, 1.165) is 36.0 Å². The van der Waals surface area contributed by atoms with Crippen molar-refractivity contribution in [1.29, 1.82) is 0 Å². The van der Waals surface area contributed by atoms with Crippen LogP contribution in [0.4, 0.5) is 0 Å². The minimum atomic E-state index is 0.657. The maximum atomic E-state index is 8.67. The summed E-state index contributed by atoms with van der Waals surface area (Å²) in [6.45, 7) is 1.22. The van der Waals surface area contributed by atoms with Crippen LogP contribution in [-0.2, 0) is 0 Å². The molecule has 0 bridgehead atoms. The third-order valence-corrected chi connectivity index (χ3v) is 4.64. The van der Waals surface area contributed by atoms with Gasteiger partial charge in [0.25, 0.3) is 0 Å². The second kappa shape index (κ2) is 8.03. The van der Waals surface area contributed by atoms with Crippen molar-refractivity contribution in [3.05, 3.63) is 24.3 Å². The number of para-hydroxylation sites is 2. The van der Waals surface area contributed by atoms with E-state index in [9.17, 15) is 0 Å². The monoisotopic (exact) mass is 306 g/mol. The predicted octanol–water partition coefficient (Wildman–Crippen LogP) is 3.02. The van der Waals surface area contributed by atoms with Crippen LogP contribution >= 0.6 is 0 Å². The van der Waals surface area contributed by atoms with Gasteiger partial charge in [0.15, 0.2) is 11.5 Å². The molecule has 1 aliphatic heterocycles. The molecule has 22 heavy (non-hydrogen) atoms. The fraction of sp³-hybridized carbons (Fsp3) is 0.588. The normalized spacial score (nSPS) is 26.0. The number of likely N-dealkylation sites (tertiary alicyclic amines) is 1. The summed E-state index contributed by atoms with van der Waals surface area (Å²) in [4.78, 5) is 2.40. The third-order valence-electron chi connectivity index (χ3n) is 4.64. The average molecular weight is 306 g/mol. The molecule has 0 radical (unpaired) electrons. The zero-order valence-electron chi connectivity index (χ0n) is 13.7. The Balaban J connectivity index is 0.000000164. The van der Waals surface area contributed by atoms with Crippen LogP contribution in [0.1, 0.15) is 25.7 Å². The first-order valence-corrected chi connectivity index (χ1v) is 7.76. The van der Waals surface area contributed by atoms with Crippen molar-refractivity contribution in [2.24, 2.45) is 11.1 Å². The summed E-state index contributed by atoms with van der Waals surface area (Å²) in [7, 11) is 5.42. The molecule has 5 heteroatoms. The lowest BCUT2D eigenvalue weighted by atomic mass is 9.84. The number of nitrogens with zero attached hydrogens (tertiary/aromatic N) is 2. The molecule has 1 saturated heterocycles. The zero-order chi connectivity index (χ0) is 15.9. The van der Waals surface area contributed by atoms with Crippen molar-refractivity contribution in [1.82, 2.24) is 4.90 Å². The largest absolute Gasteiger partial charge is 0.493 e. The summed E-state index contributed by atoms with van der Waals surface area (Å²) in [6.07, 6.45) is 4.54. The highest BCUT2D eigenvalue weighted by Crippen LogP contribution is 2.33. The molecule has 0 spiro atoms. The van der Waals surface area contributed by atoms with Gasteiger partial charge < -0.3 is 19.6 Å². The van der Waals surface area contributed by atoms with Crippen LogP contribution in [0.2, 0.25) is 0 Å². The zero-order valence-corrected chi connectivity index (χ0v) is 13.7. The molecule has 3 rings (SSSR count). The van der Waals surface area contributed by atoms with Gasteiger partial charge in [0, 0.05) is 12.5 Å². The minimum Gasteiger partial charge on any atom is -0.493 e. The quantitative estimate of drug-likeness (QED) is 0.674. The van der Waals surface area contributed by atoms with E-state index in [0.29, 0.717) is 6.04 Å². The topological polar surface area (TPSA) is 54.3 Å². The van der Waals surface area contributed by atoms with E-state index >= 15 is 0 Å². The second-order valence-electron chi connectivity index (χ2n) is 5.86. The summed E-state index contributed by atoms with van der Waals surface area (Å²) < 4.78 is 10.0. The van der Waals surface area contributed by atoms with Crippen molar-refractivity contribution in [2.45, 2.75) is 31.7 Å². The Kier molecular flexibility index (Phi) is 6.07. The van der Waals surface area contributed by atoms with Crippen LogP contribution in [0, 0.1) is 5.92 Å². The van der Waals surface area contributed by atoms with Crippen molar-refractivity contribution in [2.75, 3.05) is 27.8 Å². The Hall–Kier alpha value is -1.75. The lowest BCUT2D eigenvalue weighted by molar-refractivity contribution is 0.251. The molecule has 2 fully saturated rings. The molecule has 0 amide bonds. The lowest BCUT2D eigenvalue weighted by Crippen LogP contribution is -2.35. The minimum absolute atomic E-state index is 0.657. The second-order valence-corrected chi connectivity index (χ2v) is 5.86. The van der Waals surface area contributed by atoms with Crippen LogP contribution in [-0.4, -0.2) is 49.7 Å². The first-order chi connectivity index (χ1) is 10.7. The number of ether oxygens (including phenoxy) is 2. The summed E-state index contributed by atoms with van der Waals surface area (Å²) in [6, 6.07) is 8.19. The highest BCUT2D eigenvalue weighted by Gasteiger charge is 2.35. The van der Waals surface area contributed by atoms with Gasteiger partial charge in [-0.15, -0.1) is 0 Å². The summed E-state index contributed by atoms with van der Waals surface area (Å²) >= 11 is 0. The molecule has 1 saturated carbocycles. The number of methoxy groups -OCH3 is 2. The first-order valence-electron chi connectivity index (χ1n) is 7.76. The first kappa shape index (κ1) is 16.6. The van der Waals surface area contributed by atoms with Gasteiger partial charge in [-0.2, -0.15) is 0 Å². The fourth-order valence-electron chi connectivity index (χ4n) is 3.32. The molecule has 1 unspecified atom stereocenters. The van der Waals surface area contributed by atoms with E-state index < -0.39 is 0 Å². The van der Waals surface area contributed by atoms with Gasteiger partial charge >= 0.3 is 0 Å². The van der Waals surface area contributed by atoms with Crippen LogP contribution in [0.15, 0.2) is 29.4 Å². The molecule has 0 aromatic heterocycles. The molecule has 5 nitrogen and oxygen atoms in total. The molecule has 1 aromatic rings. The highest BCUT2D eigenvalue weighted by molar-refractivity contribution is 5.85. The predicted molar refractivity (Wildman–Crippen MR) is 87.1 cm³/mol. The third kappa shape index (κ3) is 3.91. The van der Waals surface area contributed by atoms with Gasteiger partial charge in [-0.1, -0.05) is 17.3 Å². The fourth-order valence-corrected chi connectivity index (χ4v) is 3.32. The van der Waals surface area contributed by atoms with E-state index in [4.69, 9.17) is 14.7 Å². The highest BCUT2D eigenvalue weighted by atomic mass is 16.5. The number of benzene rings is 1. The van der Waals surface area contributed by atoms with Crippen molar-refractivity contribution in [3.8, 4) is 11.5 Å². The number of hydrogen-bond donors (Lipinski definition) is 1. The molecule has 1 aliphatic carbocycles. The molecule has 1 heterocycles. The Morgan fingerprint density at radius 2 is 1.77 bits per heavy atom. The van der Waals surface area contributed by atoms with Crippen LogP contribution < -0.4 is 9.47 Å². The lowest BCUT2D eigenvalue weighted by Gasteiger charge is -2.29. The molecule has 122 valence electrons. The maximum absolute atomic E-state index is 8.67. The van der Waals surface area contributed by atoms with Crippen LogP contribution in [0.25, 0.3) is 0 Å². The van der Waals surface area contributed by atoms with E-state index in [1.54, 1.807) is 14.2 Å². The Morgan fingerprint density at radius 3 is 2.32 bits per heavy atom. The summed E-state index contributed by atoms with van der Waals surface area (Å²) in [5, 5.41) is 12.0. The SMILES string of the molecule is CN1CCC2CC/C(=N/O)C[C@@H]21.COc1ccccc1OC. The van der Waals surface area contributed by atoms with Gasteiger partial charge in [0.2, 0.25) is 0 Å². The Morgan fingerprint density at radius 1 is 1.14 bits per heavy atom. The molecule has 1 N–H and O–H groups in total. The Labute approximate surface area is 132 Å². The van der Waals surface area contributed by atoms with E-state index in [2.05, 4.69) is 17.1 Å². The smallest absolute Gasteiger partial charge is 0.160 e. The van der Waals surface area contributed by atoms with Crippen molar-refractivity contribution < 1.29 is 14.7 Å². The molecule has 1 aromatic carbocycles. The van der Waals surface area contributed by atoms with Crippen molar-refractivity contribution in [3.63, 3.8) is 0 Å². The van der Waals surface area contributed by atoms with Gasteiger partial charge in [-0.25, -0.2) is 0 Å². The van der Waals surface area contributed by atoms with Crippen molar-refractivity contribution >= 4 is 5.71 Å². The standard InChI is InChI=1S/C9H16N2O.C8H10O2/c1-11-5-4-7-2-3-8(10-12)6-9(7)11;1-9-7-5-3-4-6-8(7)10-2/h7,9,12H,2-6H2,1H3;3-6H,1-2H3/b10-8-;/t7?,9-;/m0./s1. The summed E-state index contributed by atoms with van der Waals surface area (Å²) in [5.41, 5.74) is 0.991. The number of rotatable bonds is 2. The van der Waals surface area contributed by atoms with Crippen LogP contribution in [0.3, 0.4) is 0 Å². The van der Waals surface area contributed by atoms with Gasteiger partial charge in [0.05, 0.1) is 19.9 Å². The van der Waals surface area contributed by atoms with Gasteiger partial charge in [-0.3, -0.25) is 0 Å². The molecular formula is C17H26N2O3. The number of hydrogen-bond acceptors (Lipinski definition) is 5. The molecular weight excluding hydrogens is 280 g/mol. The van der Waals surface area contributed by atoms with Gasteiger partial charge in [0.1, 0.15) is 0 Å². The van der Waals surface area contributed by atoms with Gasteiger partial charge in [-0.05, 0) is 50.9 Å². The maximum Gasteiger partial charge on any atom is 0.160 e. The molecule has 2 atom stereocenters. The number of fused-ring (bicyclic) bond motifs is 1. The van der Waals surface area contributed by atoms with E-state index in [-0.39, 0.29) is 0 Å². The molecule has 2 aliphatic rings.